The topological polar surface area (TPSA) is 58.3 Å². The largest absolute Gasteiger partial charge is 0.352 e. The van der Waals surface area contributed by atoms with E-state index in [1.165, 1.54) is 5.56 Å². The van der Waals surface area contributed by atoms with E-state index in [0.29, 0.717) is 6.54 Å². The number of aromatic nitrogens is 3. The molecule has 3 rings (SSSR count). The first kappa shape index (κ1) is 17.2. The molecular formula is C18H22N6S. The first-order valence-corrected chi connectivity index (χ1v) is 8.93. The predicted molar refractivity (Wildman–Crippen MR) is 102 cm³/mol. The molecule has 1 aromatic carbocycles. The van der Waals surface area contributed by atoms with Crippen molar-refractivity contribution in [2.75, 3.05) is 14.1 Å². The fourth-order valence-electron chi connectivity index (χ4n) is 2.60. The van der Waals surface area contributed by atoms with Gasteiger partial charge in [-0.25, -0.2) is 9.97 Å². The third-order valence-corrected chi connectivity index (χ3v) is 4.63. The lowest BCUT2D eigenvalue weighted by molar-refractivity contribution is 0.470. The minimum absolute atomic E-state index is 0.704. The molecule has 2 heterocycles. The predicted octanol–water partition coefficient (Wildman–Crippen LogP) is 2.84. The first-order valence-electron chi connectivity index (χ1n) is 8.06. The van der Waals surface area contributed by atoms with Crippen molar-refractivity contribution in [3.8, 4) is 5.69 Å². The second kappa shape index (κ2) is 7.94. The average molecular weight is 354 g/mol. The van der Waals surface area contributed by atoms with Crippen LogP contribution in [0, 0.1) is 6.92 Å². The molecule has 0 atom stereocenters. The standard InChI is InChI=1S/C18H22N6S/c1-14-22-16(12-25-14)11-23(3)18(19-2)21-10-15-5-4-6-17(9-15)24-8-7-20-13-24/h4-9,12-13H,10-11H2,1-3H3,(H,19,21). The number of benzene rings is 1. The van der Waals surface area contributed by atoms with Crippen molar-refractivity contribution >= 4 is 17.3 Å². The monoisotopic (exact) mass is 354 g/mol. The van der Waals surface area contributed by atoms with Crippen molar-refractivity contribution in [1.29, 1.82) is 0 Å². The molecule has 130 valence electrons. The Kier molecular flexibility index (Phi) is 5.45. The van der Waals surface area contributed by atoms with E-state index in [9.17, 15) is 0 Å². The highest BCUT2D eigenvalue weighted by Crippen LogP contribution is 2.11. The van der Waals surface area contributed by atoms with E-state index in [-0.39, 0.29) is 0 Å². The molecule has 0 unspecified atom stereocenters. The second-order valence-corrected chi connectivity index (χ2v) is 6.82. The van der Waals surface area contributed by atoms with Gasteiger partial charge in [-0.2, -0.15) is 0 Å². The Morgan fingerprint density at radius 3 is 2.96 bits per heavy atom. The van der Waals surface area contributed by atoms with Crippen LogP contribution in [0.3, 0.4) is 0 Å². The SMILES string of the molecule is CN=C(NCc1cccc(-n2ccnc2)c1)N(C)Cc1csc(C)n1. The van der Waals surface area contributed by atoms with E-state index in [0.717, 1.165) is 28.9 Å². The van der Waals surface area contributed by atoms with Crippen LogP contribution in [0.25, 0.3) is 5.69 Å². The van der Waals surface area contributed by atoms with Crippen molar-refractivity contribution in [3.63, 3.8) is 0 Å². The normalized spacial score (nSPS) is 11.6. The number of imidazole rings is 1. The summed E-state index contributed by atoms with van der Waals surface area (Å²) in [6.45, 7) is 3.46. The summed E-state index contributed by atoms with van der Waals surface area (Å²) in [5, 5.41) is 6.59. The summed E-state index contributed by atoms with van der Waals surface area (Å²) >= 11 is 1.67. The number of aliphatic imine (C=N–C) groups is 1. The summed E-state index contributed by atoms with van der Waals surface area (Å²) in [5.74, 6) is 0.846. The maximum atomic E-state index is 4.51. The molecular weight excluding hydrogens is 332 g/mol. The highest BCUT2D eigenvalue weighted by atomic mass is 32.1. The van der Waals surface area contributed by atoms with Gasteiger partial charge in [0.15, 0.2) is 5.96 Å². The van der Waals surface area contributed by atoms with Crippen molar-refractivity contribution in [2.45, 2.75) is 20.0 Å². The summed E-state index contributed by atoms with van der Waals surface area (Å²) in [4.78, 5) is 15.1. The third kappa shape index (κ3) is 4.45. The van der Waals surface area contributed by atoms with Gasteiger partial charge in [-0.1, -0.05) is 12.1 Å². The zero-order chi connectivity index (χ0) is 17.6. The molecule has 7 heteroatoms. The highest BCUT2D eigenvalue weighted by Gasteiger charge is 2.09. The van der Waals surface area contributed by atoms with Gasteiger partial charge in [0.1, 0.15) is 0 Å². The Labute approximate surface area is 151 Å². The zero-order valence-corrected chi connectivity index (χ0v) is 15.5. The van der Waals surface area contributed by atoms with E-state index in [2.05, 4.69) is 54.8 Å². The van der Waals surface area contributed by atoms with Gasteiger partial charge in [0, 0.05) is 44.1 Å². The van der Waals surface area contributed by atoms with Crippen LogP contribution in [0.15, 0.2) is 53.4 Å². The molecule has 0 saturated heterocycles. The minimum Gasteiger partial charge on any atom is -0.352 e. The average Bonchev–Trinajstić information content (AvgIpc) is 3.28. The highest BCUT2D eigenvalue weighted by molar-refractivity contribution is 7.09. The van der Waals surface area contributed by atoms with Crippen molar-refractivity contribution in [3.05, 3.63) is 64.6 Å². The fourth-order valence-corrected chi connectivity index (χ4v) is 3.21. The van der Waals surface area contributed by atoms with E-state index < -0.39 is 0 Å². The number of rotatable bonds is 5. The van der Waals surface area contributed by atoms with Crippen LogP contribution in [0.1, 0.15) is 16.3 Å². The number of guanidine groups is 1. The molecule has 0 spiro atoms. The number of nitrogens with zero attached hydrogens (tertiary/aromatic N) is 5. The van der Waals surface area contributed by atoms with Gasteiger partial charge in [0.25, 0.3) is 0 Å². The Bertz CT molecular complexity index is 837. The molecule has 0 radical (unpaired) electrons. The smallest absolute Gasteiger partial charge is 0.194 e. The van der Waals surface area contributed by atoms with Gasteiger partial charge < -0.3 is 14.8 Å². The molecule has 2 aromatic heterocycles. The lowest BCUT2D eigenvalue weighted by Gasteiger charge is -2.21. The molecule has 0 aliphatic heterocycles. The Morgan fingerprint density at radius 1 is 1.40 bits per heavy atom. The summed E-state index contributed by atoms with van der Waals surface area (Å²) < 4.78 is 2.00. The van der Waals surface area contributed by atoms with Gasteiger partial charge in [0.05, 0.1) is 23.6 Å². The number of hydrogen-bond donors (Lipinski definition) is 1. The lowest BCUT2D eigenvalue weighted by Crippen LogP contribution is -2.38. The number of hydrogen-bond acceptors (Lipinski definition) is 4. The molecule has 25 heavy (non-hydrogen) atoms. The van der Waals surface area contributed by atoms with Crippen LogP contribution in [-0.2, 0) is 13.1 Å². The van der Waals surface area contributed by atoms with Crippen LogP contribution >= 0.6 is 11.3 Å². The van der Waals surface area contributed by atoms with Gasteiger partial charge in [-0.3, -0.25) is 4.99 Å². The Morgan fingerprint density at radius 2 is 2.28 bits per heavy atom. The van der Waals surface area contributed by atoms with E-state index in [1.54, 1.807) is 30.9 Å². The van der Waals surface area contributed by atoms with Crippen molar-refractivity contribution < 1.29 is 0 Å². The van der Waals surface area contributed by atoms with Crippen molar-refractivity contribution in [1.82, 2.24) is 24.8 Å². The zero-order valence-electron chi connectivity index (χ0n) is 14.7. The van der Waals surface area contributed by atoms with Crippen LogP contribution in [0.2, 0.25) is 0 Å². The Hall–Kier alpha value is -2.67. The maximum absolute atomic E-state index is 4.51. The molecule has 0 aliphatic carbocycles. The summed E-state index contributed by atoms with van der Waals surface area (Å²) in [5.41, 5.74) is 3.35. The molecule has 0 amide bonds. The van der Waals surface area contributed by atoms with E-state index in [4.69, 9.17) is 0 Å². The summed E-state index contributed by atoms with van der Waals surface area (Å²) in [7, 11) is 3.82. The molecule has 1 N–H and O–H groups in total. The van der Waals surface area contributed by atoms with Gasteiger partial charge in [0.2, 0.25) is 0 Å². The molecule has 0 aliphatic rings. The third-order valence-electron chi connectivity index (χ3n) is 3.80. The second-order valence-electron chi connectivity index (χ2n) is 5.75. The minimum atomic E-state index is 0.704. The molecule has 3 aromatic rings. The quantitative estimate of drug-likeness (QED) is 0.565. The van der Waals surface area contributed by atoms with E-state index in [1.807, 2.05) is 24.7 Å². The fraction of sp³-hybridized carbons (Fsp3) is 0.278. The van der Waals surface area contributed by atoms with Crippen LogP contribution < -0.4 is 5.32 Å². The summed E-state index contributed by atoms with van der Waals surface area (Å²) in [6.07, 6.45) is 5.52. The number of aryl methyl sites for hydroxylation is 1. The van der Waals surface area contributed by atoms with Gasteiger partial charge in [-0.15, -0.1) is 11.3 Å². The van der Waals surface area contributed by atoms with E-state index >= 15 is 0 Å². The molecule has 0 bridgehead atoms. The number of nitrogens with one attached hydrogen (secondary N) is 1. The molecule has 0 saturated carbocycles. The van der Waals surface area contributed by atoms with Gasteiger partial charge in [-0.05, 0) is 24.6 Å². The van der Waals surface area contributed by atoms with Crippen molar-refractivity contribution in [2.24, 2.45) is 4.99 Å². The number of thiazole rings is 1. The molecule has 6 nitrogen and oxygen atoms in total. The maximum Gasteiger partial charge on any atom is 0.194 e. The van der Waals surface area contributed by atoms with Crippen LogP contribution in [0.5, 0.6) is 0 Å². The molecule has 0 fully saturated rings. The van der Waals surface area contributed by atoms with Gasteiger partial charge >= 0.3 is 0 Å². The lowest BCUT2D eigenvalue weighted by atomic mass is 10.2. The first-order chi connectivity index (χ1) is 12.2. The Balaban J connectivity index is 1.62. The van der Waals surface area contributed by atoms with Crippen LogP contribution in [0.4, 0.5) is 0 Å². The summed E-state index contributed by atoms with van der Waals surface area (Å²) in [6, 6.07) is 8.36. The van der Waals surface area contributed by atoms with Crippen LogP contribution in [-0.4, -0.2) is 39.5 Å².